The zero-order valence-electron chi connectivity index (χ0n) is 3.89. The zero-order valence-corrected chi connectivity index (χ0v) is 6.29. The minimum absolute atomic E-state index is 0.368. The smallest absolute Gasteiger partial charge is 0.0764 e. The fourth-order valence-corrected chi connectivity index (χ4v) is 0.408. The maximum atomic E-state index is 9.88. The van der Waals surface area contributed by atoms with Gasteiger partial charge in [-0.15, -0.1) is 0 Å². The molecular formula is C3H6BrO2S-. The second kappa shape index (κ2) is 3.57. The van der Waals surface area contributed by atoms with E-state index in [1.807, 2.05) is 0 Å². The Morgan fingerprint density at radius 2 is 2.43 bits per heavy atom. The lowest BCUT2D eigenvalue weighted by molar-refractivity contribution is 0.533. The second-order valence-electron chi connectivity index (χ2n) is 1.08. The third kappa shape index (κ3) is 3.20. The highest BCUT2D eigenvalue weighted by Gasteiger charge is 1.96. The molecule has 2 nitrogen and oxygen atoms in total. The van der Waals surface area contributed by atoms with Gasteiger partial charge in [-0.2, -0.15) is 0 Å². The van der Waals surface area contributed by atoms with Crippen LogP contribution in [-0.2, 0) is 11.1 Å². The van der Waals surface area contributed by atoms with E-state index in [4.69, 9.17) is 0 Å². The van der Waals surface area contributed by atoms with E-state index in [1.54, 1.807) is 6.92 Å². The molecule has 0 N–H and O–H groups in total. The molecule has 0 radical (unpaired) electrons. The zero-order chi connectivity index (χ0) is 5.86. The van der Waals surface area contributed by atoms with E-state index in [-0.39, 0.29) is 4.16 Å². The van der Waals surface area contributed by atoms with Crippen LogP contribution in [0.25, 0.3) is 0 Å². The van der Waals surface area contributed by atoms with Crippen LogP contribution in [0.4, 0.5) is 0 Å². The van der Waals surface area contributed by atoms with E-state index >= 15 is 0 Å². The molecule has 0 rings (SSSR count). The van der Waals surface area contributed by atoms with Crippen LogP contribution < -0.4 is 0 Å². The highest BCUT2D eigenvalue weighted by molar-refractivity contribution is 9.11. The maximum Gasteiger partial charge on any atom is 0.0764 e. The normalized spacial score (nSPS) is 18.7. The van der Waals surface area contributed by atoms with Crippen molar-refractivity contribution < 1.29 is 8.76 Å². The van der Waals surface area contributed by atoms with Gasteiger partial charge in [0.05, 0.1) is 4.16 Å². The summed E-state index contributed by atoms with van der Waals surface area (Å²) in [6.45, 7) is 1.80. The molecule has 44 valence electrons. The average Bonchev–Trinajstić information content (AvgIpc) is 1.65. The predicted molar refractivity (Wildman–Crippen MR) is 31.9 cm³/mol. The number of halogens is 1. The van der Waals surface area contributed by atoms with Crippen LogP contribution in [-0.4, -0.2) is 12.9 Å². The molecule has 0 saturated heterocycles. The quantitative estimate of drug-likeness (QED) is 0.476. The topological polar surface area (TPSA) is 40.1 Å². The summed E-state index contributed by atoms with van der Waals surface area (Å²) in [5, 5.41) is 0. The summed E-state index contributed by atoms with van der Waals surface area (Å²) >= 11 is 0.985. The van der Waals surface area contributed by atoms with Crippen LogP contribution >= 0.6 is 15.9 Å². The van der Waals surface area contributed by atoms with Crippen LogP contribution in [0.2, 0.25) is 0 Å². The fraction of sp³-hybridized carbons (Fsp3) is 1.00. The summed E-state index contributed by atoms with van der Waals surface area (Å²) in [5.74, 6) is 0. The molecule has 0 heterocycles. The first-order chi connectivity index (χ1) is 3.18. The van der Waals surface area contributed by atoms with Crippen molar-refractivity contribution in [2.75, 3.05) is 0 Å². The predicted octanol–water partition coefficient (Wildman–Crippen LogP) is 0.997. The van der Waals surface area contributed by atoms with Crippen molar-refractivity contribution in [1.82, 2.24) is 0 Å². The Hall–Kier alpha value is 0.590. The van der Waals surface area contributed by atoms with E-state index in [2.05, 4.69) is 15.9 Å². The largest absolute Gasteiger partial charge is 0.771 e. The third-order valence-electron chi connectivity index (χ3n) is 0.530. The van der Waals surface area contributed by atoms with Gasteiger partial charge in [0.1, 0.15) is 0 Å². The molecular weight excluding hydrogens is 180 g/mol. The van der Waals surface area contributed by atoms with Crippen molar-refractivity contribution in [2.45, 2.75) is 17.5 Å². The van der Waals surface area contributed by atoms with Crippen LogP contribution in [0.3, 0.4) is 0 Å². The number of rotatable bonds is 2. The van der Waals surface area contributed by atoms with Crippen LogP contribution in [0.15, 0.2) is 0 Å². The van der Waals surface area contributed by atoms with Gasteiger partial charge in [0.2, 0.25) is 0 Å². The second-order valence-corrected chi connectivity index (χ2v) is 3.88. The first-order valence-electron chi connectivity index (χ1n) is 1.90. The van der Waals surface area contributed by atoms with Gasteiger partial charge >= 0.3 is 0 Å². The van der Waals surface area contributed by atoms with Crippen molar-refractivity contribution in [3.05, 3.63) is 0 Å². The van der Waals surface area contributed by atoms with Gasteiger partial charge in [0, 0.05) is 0 Å². The minimum Gasteiger partial charge on any atom is -0.771 e. The molecule has 0 fully saturated rings. The van der Waals surface area contributed by atoms with Crippen molar-refractivity contribution >= 4 is 27.0 Å². The van der Waals surface area contributed by atoms with Crippen molar-refractivity contribution in [1.29, 1.82) is 0 Å². The first kappa shape index (κ1) is 7.59. The summed E-state index contributed by atoms with van der Waals surface area (Å²) < 4.78 is 19.4. The molecule has 0 bridgehead atoms. The van der Waals surface area contributed by atoms with E-state index < -0.39 is 11.1 Å². The van der Waals surface area contributed by atoms with Crippen LogP contribution in [0.1, 0.15) is 13.3 Å². The Bertz CT molecular complexity index is 75.3. The van der Waals surface area contributed by atoms with E-state index in [9.17, 15) is 8.76 Å². The molecule has 0 spiro atoms. The molecule has 0 aliphatic carbocycles. The highest BCUT2D eigenvalue weighted by Crippen LogP contribution is 2.05. The summed E-state index contributed by atoms with van der Waals surface area (Å²) in [6.07, 6.45) is 0.621. The maximum absolute atomic E-state index is 9.88. The van der Waals surface area contributed by atoms with Crippen molar-refractivity contribution in [3.8, 4) is 0 Å². The molecule has 0 aromatic rings. The van der Waals surface area contributed by atoms with Gasteiger partial charge in [-0.25, -0.2) is 0 Å². The van der Waals surface area contributed by atoms with Gasteiger partial charge in [-0.3, -0.25) is 4.21 Å². The molecule has 0 amide bonds. The lowest BCUT2D eigenvalue weighted by Crippen LogP contribution is -2.02. The molecule has 7 heavy (non-hydrogen) atoms. The van der Waals surface area contributed by atoms with Crippen LogP contribution in [0.5, 0.6) is 0 Å². The number of alkyl halides is 1. The molecule has 4 heteroatoms. The molecule has 0 aliphatic rings. The average molecular weight is 186 g/mol. The Morgan fingerprint density at radius 1 is 2.00 bits per heavy atom. The molecule has 2 atom stereocenters. The Labute approximate surface area is 53.7 Å². The summed E-state index contributed by atoms with van der Waals surface area (Å²) in [5.41, 5.74) is 0. The van der Waals surface area contributed by atoms with Gasteiger partial charge in [0.15, 0.2) is 0 Å². The van der Waals surface area contributed by atoms with Crippen molar-refractivity contribution in [2.24, 2.45) is 0 Å². The first-order valence-corrected chi connectivity index (χ1v) is 3.96. The van der Waals surface area contributed by atoms with Crippen LogP contribution in [0, 0.1) is 0 Å². The van der Waals surface area contributed by atoms with Crippen molar-refractivity contribution in [3.63, 3.8) is 0 Å². The lowest BCUT2D eigenvalue weighted by Gasteiger charge is -2.08. The van der Waals surface area contributed by atoms with Gasteiger partial charge in [0.25, 0.3) is 0 Å². The summed E-state index contributed by atoms with van der Waals surface area (Å²) in [6, 6.07) is 0. The minimum atomic E-state index is -1.94. The van der Waals surface area contributed by atoms with E-state index in [1.165, 1.54) is 0 Å². The van der Waals surface area contributed by atoms with E-state index in [0.717, 1.165) is 0 Å². The highest BCUT2D eigenvalue weighted by atomic mass is 79.9. The van der Waals surface area contributed by atoms with Gasteiger partial charge in [-0.1, -0.05) is 22.9 Å². The molecule has 0 aliphatic heterocycles. The fourth-order valence-electron chi connectivity index (χ4n) is 0.136. The lowest BCUT2D eigenvalue weighted by atomic mass is 10.6. The standard InChI is InChI=1S/C3H7BrO2S/c1-2-3(4)7(5)6/h3H,2H2,1H3,(H,5,6)/p-1. The molecule has 0 aromatic heterocycles. The monoisotopic (exact) mass is 185 g/mol. The molecule has 0 saturated carbocycles. The summed E-state index contributed by atoms with van der Waals surface area (Å²) in [4.78, 5) is 0. The third-order valence-corrected chi connectivity index (χ3v) is 2.84. The molecule has 0 aromatic carbocycles. The SMILES string of the molecule is CCC(Br)S(=O)[O-]. The summed E-state index contributed by atoms with van der Waals surface area (Å²) in [7, 11) is 0. The Morgan fingerprint density at radius 3 is 2.43 bits per heavy atom. The Balaban J connectivity index is 3.34. The number of hydrogen-bond donors (Lipinski definition) is 0. The number of hydrogen-bond acceptors (Lipinski definition) is 2. The Kier molecular flexibility index (Phi) is 3.88. The van der Waals surface area contributed by atoms with E-state index in [0.29, 0.717) is 6.42 Å². The molecule has 2 unspecified atom stereocenters. The van der Waals surface area contributed by atoms with Gasteiger partial charge in [-0.05, 0) is 17.5 Å². The van der Waals surface area contributed by atoms with Gasteiger partial charge < -0.3 is 4.55 Å².